The molecule has 0 aliphatic carbocycles. The number of carbonyl (C=O) groups is 2. The first kappa shape index (κ1) is 35.6. The summed E-state index contributed by atoms with van der Waals surface area (Å²) in [4.78, 5) is 31.3. The zero-order valence-electron chi connectivity index (χ0n) is 28.9. The van der Waals surface area contributed by atoms with Crippen LogP contribution in [0.25, 0.3) is 11.1 Å². The molecule has 4 rings (SSSR count). The number of rotatable bonds is 13. The number of piperidine rings is 1. The predicted molar refractivity (Wildman–Crippen MR) is 183 cm³/mol. The zero-order valence-corrected chi connectivity index (χ0v) is 28.9. The highest BCUT2D eigenvalue weighted by molar-refractivity contribution is 5.95. The monoisotopic (exact) mass is 646 g/mol. The van der Waals surface area contributed by atoms with Crippen LogP contribution in [0, 0.1) is 5.92 Å². The number of hydrogen-bond acceptors (Lipinski definition) is 7. The van der Waals surface area contributed by atoms with Crippen molar-refractivity contribution >= 4 is 12.0 Å². The number of amides is 2. The van der Waals surface area contributed by atoms with Gasteiger partial charge in [0.05, 0.1) is 26.4 Å². The molecule has 1 heterocycles. The molecule has 1 saturated heterocycles. The number of hydrogen-bond donors (Lipinski definition) is 0. The van der Waals surface area contributed by atoms with E-state index in [1.807, 2.05) is 82.0 Å². The highest BCUT2D eigenvalue weighted by Crippen LogP contribution is 2.33. The summed E-state index contributed by atoms with van der Waals surface area (Å²) in [5.41, 5.74) is 1.91. The van der Waals surface area contributed by atoms with E-state index in [-0.39, 0.29) is 23.9 Å². The number of carbonyl (C=O) groups excluding carboxylic acids is 2. The molecule has 0 radical (unpaired) electrons. The summed E-state index contributed by atoms with van der Waals surface area (Å²) in [6.45, 7) is 11.8. The minimum absolute atomic E-state index is 0.0466. The Morgan fingerprint density at radius 1 is 0.872 bits per heavy atom. The third kappa shape index (κ3) is 9.88. The van der Waals surface area contributed by atoms with Gasteiger partial charge in [-0.05, 0) is 70.9 Å². The van der Waals surface area contributed by atoms with Crippen molar-refractivity contribution in [3.8, 4) is 28.4 Å². The highest BCUT2D eigenvalue weighted by Gasteiger charge is 2.38. The summed E-state index contributed by atoms with van der Waals surface area (Å²) in [6, 6.07) is 22.9. The third-order valence-electron chi connectivity index (χ3n) is 7.96. The fourth-order valence-electron chi connectivity index (χ4n) is 5.91. The molecule has 9 nitrogen and oxygen atoms in total. The van der Waals surface area contributed by atoms with Gasteiger partial charge in [0.15, 0.2) is 11.5 Å². The normalized spacial score (nSPS) is 16.5. The molecule has 2 atom stereocenters. The maximum atomic E-state index is 14.3. The molecule has 0 aromatic heterocycles. The summed E-state index contributed by atoms with van der Waals surface area (Å²) in [7, 11) is 3.23. The molecule has 1 aliphatic rings. The van der Waals surface area contributed by atoms with Crippen LogP contribution >= 0.6 is 0 Å². The standard InChI is InChI=1S/C38H50N2O7/c1-27(2)40(36(41)30-18-19-34(44-7)35(23-30)45-21-13-20-43-6)31-22-28(24-39(25-31)37(42)47-38(3,4)5)26-46-33-17-12-11-16-32(33)29-14-9-8-10-15-29/h8-12,14-19,23,27-28,31H,13,20-22,24-26H2,1-7H3. The van der Waals surface area contributed by atoms with Crippen LogP contribution in [0.1, 0.15) is 57.8 Å². The number of methoxy groups -OCH3 is 2. The van der Waals surface area contributed by atoms with E-state index in [1.165, 1.54) is 0 Å². The first-order valence-corrected chi connectivity index (χ1v) is 16.4. The SMILES string of the molecule is COCCCOc1cc(C(=O)N(C(C)C)C2CC(COc3ccccc3-c3ccccc3)CN(C(=O)OC(C)(C)C)C2)ccc1OC. The van der Waals surface area contributed by atoms with Gasteiger partial charge < -0.3 is 33.5 Å². The van der Waals surface area contributed by atoms with Crippen molar-refractivity contribution in [1.82, 2.24) is 9.80 Å². The molecule has 2 unspecified atom stereocenters. The second-order valence-electron chi connectivity index (χ2n) is 13.2. The second-order valence-corrected chi connectivity index (χ2v) is 13.2. The van der Waals surface area contributed by atoms with Crippen molar-refractivity contribution < 1.29 is 33.3 Å². The van der Waals surface area contributed by atoms with Crippen LogP contribution in [0.2, 0.25) is 0 Å². The summed E-state index contributed by atoms with van der Waals surface area (Å²) >= 11 is 0. The van der Waals surface area contributed by atoms with Gasteiger partial charge in [0.2, 0.25) is 0 Å². The number of likely N-dealkylation sites (tertiary alicyclic amines) is 1. The lowest BCUT2D eigenvalue weighted by atomic mass is 9.92. The summed E-state index contributed by atoms with van der Waals surface area (Å²) < 4.78 is 28.9. The lowest BCUT2D eigenvalue weighted by Crippen LogP contribution is -2.57. The van der Waals surface area contributed by atoms with Gasteiger partial charge in [0.1, 0.15) is 11.4 Å². The van der Waals surface area contributed by atoms with Crippen LogP contribution in [-0.2, 0) is 9.47 Å². The van der Waals surface area contributed by atoms with E-state index in [0.29, 0.717) is 62.8 Å². The quantitative estimate of drug-likeness (QED) is 0.180. The summed E-state index contributed by atoms with van der Waals surface area (Å²) in [6.07, 6.45) is 0.967. The van der Waals surface area contributed by atoms with Crippen molar-refractivity contribution in [3.63, 3.8) is 0 Å². The van der Waals surface area contributed by atoms with Crippen molar-refractivity contribution in [1.29, 1.82) is 0 Å². The van der Waals surface area contributed by atoms with E-state index >= 15 is 0 Å². The largest absolute Gasteiger partial charge is 0.493 e. The fourth-order valence-corrected chi connectivity index (χ4v) is 5.91. The molecule has 0 N–H and O–H groups in total. The first-order valence-electron chi connectivity index (χ1n) is 16.4. The van der Waals surface area contributed by atoms with Gasteiger partial charge in [-0.2, -0.15) is 0 Å². The molecule has 9 heteroatoms. The third-order valence-corrected chi connectivity index (χ3v) is 7.96. The Hall–Kier alpha value is -4.24. The lowest BCUT2D eigenvalue weighted by molar-refractivity contribution is -0.00550. The number of para-hydroxylation sites is 1. The second kappa shape index (κ2) is 16.5. The number of nitrogens with zero attached hydrogens (tertiary/aromatic N) is 2. The molecule has 3 aromatic carbocycles. The summed E-state index contributed by atoms with van der Waals surface area (Å²) in [5.74, 6) is 1.64. The van der Waals surface area contributed by atoms with Crippen molar-refractivity contribution in [3.05, 3.63) is 78.4 Å². The lowest BCUT2D eigenvalue weighted by Gasteiger charge is -2.44. The minimum atomic E-state index is -0.652. The Morgan fingerprint density at radius 2 is 1.60 bits per heavy atom. The molecule has 0 spiro atoms. The van der Waals surface area contributed by atoms with E-state index in [4.69, 9.17) is 23.7 Å². The van der Waals surface area contributed by atoms with E-state index in [9.17, 15) is 9.59 Å². The van der Waals surface area contributed by atoms with Crippen LogP contribution in [0.5, 0.6) is 17.2 Å². The summed E-state index contributed by atoms with van der Waals surface area (Å²) in [5, 5.41) is 0. The Kier molecular flexibility index (Phi) is 12.5. The van der Waals surface area contributed by atoms with Crippen LogP contribution < -0.4 is 14.2 Å². The van der Waals surface area contributed by atoms with Gasteiger partial charge in [0.25, 0.3) is 5.91 Å². The van der Waals surface area contributed by atoms with Gasteiger partial charge in [-0.15, -0.1) is 0 Å². The van der Waals surface area contributed by atoms with Crippen LogP contribution in [0.4, 0.5) is 4.79 Å². The number of ether oxygens (including phenoxy) is 5. The molecule has 0 saturated carbocycles. The van der Waals surface area contributed by atoms with Crippen LogP contribution in [-0.4, -0.2) is 86.6 Å². The zero-order chi connectivity index (χ0) is 34.0. The highest BCUT2D eigenvalue weighted by atomic mass is 16.6. The van der Waals surface area contributed by atoms with Crippen LogP contribution in [0.3, 0.4) is 0 Å². The molecule has 1 fully saturated rings. The average molecular weight is 647 g/mol. The van der Waals surface area contributed by atoms with Gasteiger partial charge >= 0.3 is 6.09 Å². The molecule has 47 heavy (non-hydrogen) atoms. The van der Waals surface area contributed by atoms with Crippen molar-refractivity contribution in [2.24, 2.45) is 5.92 Å². The smallest absolute Gasteiger partial charge is 0.410 e. The maximum Gasteiger partial charge on any atom is 0.410 e. The van der Waals surface area contributed by atoms with Crippen molar-refractivity contribution in [2.75, 3.05) is 47.1 Å². The van der Waals surface area contributed by atoms with E-state index < -0.39 is 11.7 Å². The molecule has 254 valence electrons. The number of benzene rings is 3. The van der Waals surface area contributed by atoms with Gasteiger partial charge in [-0.1, -0.05) is 48.5 Å². The van der Waals surface area contributed by atoms with E-state index in [1.54, 1.807) is 37.3 Å². The predicted octanol–water partition coefficient (Wildman–Crippen LogP) is 7.33. The maximum absolute atomic E-state index is 14.3. The molecule has 2 amide bonds. The Bertz CT molecular complexity index is 1450. The average Bonchev–Trinajstić information content (AvgIpc) is 3.05. The van der Waals surface area contributed by atoms with E-state index in [2.05, 4.69) is 12.1 Å². The minimum Gasteiger partial charge on any atom is -0.493 e. The fraction of sp³-hybridized carbons (Fsp3) is 0.474. The molecular formula is C38H50N2O7. The topological polar surface area (TPSA) is 86.8 Å². The molecule has 3 aromatic rings. The molecular weight excluding hydrogens is 596 g/mol. The van der Waals surface area contributed by atoms with Gasteiger partial charge in [0, 0.05) is 56.3 Å². The molecule has 0 bridgehead atoms. The Balaban J connectivity index is 1.59. The van der Waals surface area contributed by atoms with Gasteiger partial charge in [-0.3, -0.25) is 4.79 Å². The van der Waals surface area contributed by atoms with E-state index in [0.717, 1.165) is 16.9 Å². The van der Waals surface area contributed by atoms with Crippen molar-refractivity contribution in [2.45, 2.75) is 65.1 Å². The molecule has 1 aliphatic heterocycles. The van der Waals surface area contributed by atoms with Crippen LogP contribution in [0.15, 0.2) is 72.8 Å². The first-order chi connectivity index (χ1) is 22.5. The van der Waals surface area contributed by atoms with Gasteiger partial charge in [-0.25, -0.2) is 4.79 Å². The Labute approximate surface area is 279 Å². The Morgan fingerprint density at radius 3 is 2.28 bits per heavy atom.